The predicted molar refractivity (Wildman–Crippen MR) is 90.1 cm³/mol. The Morgan fingerprint density at radius 1 is 1.09 bits per heavy atom. The molecule has 2 nitrogen and oxygen atoms in total. The Kier molecular flexibility index (Phi) is 5.76. The summed E-state index contributed by atoms with van der Waals surface area (Å²) in [7, 11) is 0. The highest BCUT2D eigenvalue weighted by molar-refractivity contribution is 5.40. The van der Waals surface area contributed by atoms with Gasteiger partial charge in [-0.15, -0.1) is 0 Å². The average Bonchev–Trinajstić information content (AvgIpc) is 2.52. The Morgan fingerprint density at radius 3 is 2.52 bits per heavy atom. The van der Waals surface area contributed by atoms with E-state index in [1.165, 1.54) is 23.3 Å². The highest BCUT2D eigenvalue weighted by Crippen LogP contribution is 2.24. The molecule has 0 heterocycles. The zero-order valence-corrected chi connectivity index (χ0v) is 13.9. The molecule has 0 aliphatic carbocycles. The third kappa shape index (κ3) is 4.56. The molecule has 0 bridgehead atoms. The predicted octanol–water partition coefficient (Wildman–Crippen LogP) is 5.22. The molecule has 0 aliphatic heterocycles. The van der Waals surface area contributed by atoms with Gasteiger partial charge >= 0.3 is 0 Å². The fourth-order valence-electron chi connectivity index (χ4n) is 2.59. The van der Waals surface area contributed by atoms with E-state index in [1.807, 2.05) is 6.92 Å². The molecule has 0 aliphatic rings. The standard InChI is InChI=1S/C20H22FNO/c1-14-10-16(3)20(11-15(14)2)23-9-5-7-18(13-22)17-6-4-8-19(21)12-17/h4,6,8,10-12,18H,5,7,9H2,1-3H3. The molecule has 0 fully saturated rings. The quantitative estimate of drug-likeness (QED) is 0.685. The van der Waals surface area contributed by atoms with E-state index in [-0.39, 0.29) is 11.7 Å². The van der Waals surface area contributed by atoms with Crippen LogP contribution in [0.25, 0.3) is 0 Å². The third-order valence-electron chi connectivity index (χ3n) is 4.09. The summed E-state index contributed by atoms with van der Waals surface area (Å²) in [4.78, 5) is 0. The minimum atomic E-state index is -0.301. The molecule has 1 unspecified atom stereocenters. The van der Waals surface area contributed by atoms with Crippen molar-refractivity contribution < 1.29 is 9.13 Å². The summed E-state index contributed by atoms with van der Waals surface area (Å²) >= 11 is 0. The lowest BCUT2D eigenvalue weighted by Crippen LogP contribution is -2.03. The van der Waals surface area contributed by atoms with Gasteiger partial charge in [0.1, 0.15) is 11.6 Å². The highest BCUT2D eigenvalue weighted by Gasteiger charge is 2.11. The first-order chi connectivity index (χ1) is 11.0. The van der Waals surface area contributed by atoms with Crippen LogP contribution < -0.4 is 4.74 Å². The lowest BCUT2D eigenvalue weighted by atomic mass is 9.96. The van der Waals surface area contributed by atoms with Crippen molar-refractivity contribution in [2.45, 2.75) is 39.5 Å². The van der Waals surface area contributed by atoms with Crippen LogP contribution in [0.4, 0.5) is 4.39 Å². The molecule has 0 amide bonds. The number of nitrogens with zero attached hydrogens (tertiary/aromatic N) is 1. The molecular formula is C20H22FNO. The SMILES string of the molecule is Cc1cc(C)c(OCCCC(C#N)c2cccc(F)c2)cc1C. The number of hydrogen-bond donors (Lipinski definition) is 0. The summed E-state index contributed by atoms with van der Waals surface area (Å²) in [5, 5.41) is 9.28. The normalized spacial score (nSPS) is 11.8. The number of aryl methyl sites for hydroxylation is 3. The van der Waals surface area contributed by atoms with E-state index < -0.39 is 0 Å². The van der Waals surface area contributed by atoms with Crippen LogP contribution in [0.1, 0.15) is 41.0 Å². The maximum atomic E-state index is 13.3. The first-order valence-electron chi connectivity index (χ1n) is 7.87. The Hall–Kier alpha value is -2.34. The highest BCUT2D eigenvalue weighted by atomic mass is 19.1. The van der Waals surface area contributed by atoms with Crippen LogP contribution in [0.5, 0.6) is 5.75 Å². The molecule has 2 rings (SSSR count). The summed E-state index contributed by atoms with van der Waals surface area (Å²) in [5.41, 5.74) is 4.32. The lowest BCUT2D eigenvalue weighted by Gasteiger charge is -2.13. The number of hydrogen-bond acceptors (Lipinski definition) is 2. The summed E-state index contributed by atoms with van der Waals surface area (Å²) in [6.07, 6.45) is 1.41. The number of benzene rings is 2. The first kappa shape index (κ1) is 17.0. The molecule has 1 atom stereocenters. The van der Waals surface area contributed by atoms with E-state index in [0.29, 0.717) is 13.0 Å². The monoisotopic (exact) mass is 311 g/mol. The van der Waals surface area contributed by atoms with E-state index in [0.717, 1.165) is 23.3 Å². The van der Waals surface area contributed by atoms with Gasteiger partial charge in [0, 0.05) is 0 Å². The Bertz CT molecular complexity index is 718. The van der Waals surface area contributed by atoms with Crippen LogP contribution in [0.3, 0.4) is 0 Å². The molecule has 120 valence electrons. The van der Waals surface area contributed by atoms with E-state index in [1.54, 1.807) is 12.1 Å². The summed E-state index contributed by atoms with van der Waals surface area (Å²) < 4.78 is 19.1. The van der Waals surface area contributed by atoms with Crippen molar-refractivity contribution in [2.24, 2.45) is 0 Å². The maximum absolute atomic E-state index is 13.3. The molecular weight excluding hydrogens is 289 g/mol. The van der Waals surface area contributed by atoms with Crippen molar-refractivity contribution >= 4 is 0 Å². The summed E-state index contributed by atoms with van der Waals surface area (Å²) in [6.45, 7) is 6.74. The molecule has 0 aromatic heterocycles. The van der Waals surface area contributed by atoms with Crippen molar-refractivity contribution in [3.8, 4) is 11.8 Å². The van der Waals surface area contributed by atoms with Gasteiger partial charge in [0.15, 0.2) is 0 Å². The van der Waals surface area contributed by atoms with Gasteiger partial charge < -0.3 is 4.74 Å². The topological polar surface area (TPSA) is 33.0 Å². The minimum absolute atomic E-state index is 0.296. The Morgan fingerprint density at radius 2 is 1.83 bits per heavy atom. The van der Waals surface area contributed by atoms with Crippen molar-refractivity contribution in [2.75, 3.05) is 6.61 Å². The summed E-state index contributed by atoms with van der Waals surface area (Å²) in [5.74, 6) is 0.298. The number of rotatable bonds is 6. The number of halogens is 1. The van der Waals surface area contributed by atoms with E-state index >= 15 is 0 Å². The van der Waals surface area contributed by atoms with Crippen LogP contribution >= 0.6 is 0 Å². The lowest BCUT2D eigenvalue weighted by molar-refractivity contribution is 0.302. The van der Waals surface area contributed by atoms with Crippen molar-refractivity contribution in [3.63, 3.8) is 0 Å². The van der Waals surface area contributed by atoms with Crippen molar-refractivity contribution in [1.29, 1.82) is 5.26 Å². The fourth-order valence-corrected chi connectivity index (χ4v) is 2.59. The average molecular weight is 311 g/mol. The number of nitriles is 1. The molecule has 0 saturated heterocycles. The van der Waals surface area contributed by atoms with E-state index in [9.17, 15) is 9.65 Å². The van der Waals surface area contributed by atoms with Gasteiger partial charge in [0.2, 0.25) is 0 Å². The fraction of sp³-hybridized carbons (Fsp3) is 0.350. The molecule has 0 radical (unpaired) electrons. The summed E-state index contributed by atoms with van der Waals surface area (Å²) in [6, 6.07) is 12.7. The largest absolute Gasteiger partial charge is 0.493 e. The van der Waals surface area contributed by atoms with Crippen LogP contribution in [-0.2, 0) is 0 Å². The molecule has 2 aromatic carbocycles. The van der Waals surface area contributed by atoms with Crippen molar-refractivity contribution in [1.82, 2.24) is 0 Å². The van der Waals surface area contributed by atoms with Crippen LogP contribution in [-0.4, -0.2) is 6.61 Å². The Labute approximate surface area is 137 Å². The zero-order valence-electron chi connectivity index (χ0n) is 13.9. The second-order valence-electron chi connectivity index (χ2n) is 5.93. The molecule has 0 spiro atoms. The zero-order chi connectivity index (χ0) is 16.8. The van der Waals surface area contributed by atoms with Crippen LogP contribution in [0.15, 0.2) is 36.4 Å². The van der Waals surface area contributed by atoms with Gasteiger partial charge in [-0.2, -0.15) is 5.26 Å². The maximum Gasteiger partial charge on any atom is 0.123 e. The Balaban J connectivity index is 1.89. The van der Waals surface area contributed by atoms with Gasteiger partial charge in [0.05, 0.1) is 18.6 Å². The van der Waals surface area contributed by atoms with Crippen molar-refractivity contribution in [3.05, 3.63) is 64.5 Å². The molecule has 0 saturated carbocycles. The van der Waals surface area contributed by atoms with Gasteiger partial charge in [-0.05, 0) is 74.1 Å². The van der Waals surface area contributed by atoms with Gasteiger partial charge in [0.25, 0.3) is 0 Å². The van der Waals surface area contributed by atoms with E-state index in [4.69, 9.17) is 4.74 Å². The third-order valence-corrected chi connectivity index (χ3v) is 4.09. The second-order valence-corrected chi connectivity index (χ2v) is 5.93. The van der Waals surface area contributed by atoms with Gasteiger partial charge in [-0.3, -0.25) is 0 Å². The number of ether oxygens (including phenoxy) is 1. The minimum Gasteiger partial charge on any atom is -0.493 e. The van der Waals surface area contributed by atoms with Gasteiger partial charge in [-0.25, -0.2) is 4.39 Å². The van der Waals surface area contributed by atoms with Gasteiger partial charge in [-0.1, -0.05) is 18.2 Å². The first-order valence-corrected chi connectivity index (χ1v) is 7.87. The molecule has 23 heavy (non-hydrogen) atoms. The van der Waals surface area contributed by atoms with Crippen LogP contribution in [0, 0.1) is 37.9 Å². The van der Waals surface area contributed by atoms with E-state index in [2.05, 4.69) is 32.0 Å². The van der Waals surface area contributed by atoms with Crippen LogP contribution in [0.2, 0.25) is 0 Å². The molecule has 2 aromatic rings. The molecule has 3 heteroatoms. The smallest absolute Gasteiger partial charge is 0.123 e. The molecule has 0 N–H and O–H groups in total. The second kappa shape index (κ2) is 7.78.